The van der Waals surface area contributed by atoms with Crippen LogP contribution in [0.15, 0.2) is 65.9 Å². The average Bonchev–Trinajstić information content (AvgIpc) is 3.54. The van der Waals surface area contributed by atoms with E-state index in [0.29, 0.717) is 25.6 Å². The second kappa shape index (κ2) is 10.8. The predicted molar refractivity (Wildman–Crippen MR) is 126 cm³/mol. The first kappa shape index (κ1) is 21.9. The number of aromatic nitrogens is 2. The van der Waals surface area contributed by atoms with Crippen molar-refractivity contribution in [2.45, 2.75) is 26.4 Å². The fourth-order valence-electron chi connectivity index (χ4n) is 3.64. The maximum absolute atomic E-state index is 6.15. The lowest BCUT2D eigenvalue weighted by atomic mass is 10.1. The quantitative estimate of drug-likeness (QED) is 0.420. The van der Waals surface area contributed by atoms with Crippen LogP contribution in [-0.4, -0.2) is 42.6 Å². The van der Waals surface area contributed by atoms with Gasteiger partial charge in [0.05, 0.1) is 18.9 Å². The summed E-state index contributed by atoms with van der Waals surface area (Å²) in [5.41, 5.74) is 4.51. The van der Waals surface area contributed by atoms with Crippen molar-refractivity contribution in [3.63, 3.8) is 0 Å². The fraction of sp³-hybridized carbons (Fsp3) is 0.360. The van der Waals surface area contributed by atoms with E-state index in [9.17, 15) is 0 Å². The van der Waals surface area contributed by atoms with Gasteiger partial charge < -0.3 is 20.1 Å². The lowest BCUT2D eigenvalue weighted by molar-refractivity contribution is 0.166. The van der Waals surface area contributed by atoms with Gasteiger partial charge in [-0.2, -0.15) is 5.10 Å². The monoisotopic (exact) mass is 433 g/mol. The molecule has 3 aromatic rings. The van der Waals surface area contributed by atoms with Gasteiger partial charge >= 0.3 is 0 Å². The standard InChI is InChI=1S/C25H31N5O2/c1-19-4-7-22(24(14-19)32-18-21-10-13-31-17-21)16-28-25(26-2)27-15-20-5-8-23(9-6-20)30-12-3-11-29-30/h3-9,11-12,14,21H,10,13,15-18H2,1-2H3,(H2,26,27,28). The Bertz CT molecular complexity index is 1010. The molecule has 1 aliphatic rings. The summed E-state index contributed by atoms with van der Waals surface area (Å²) in [7, 11) is 1.78. The molecule has 1 unspecified atom stereocenters. The molecule has 7 heteroatoms. The summed E-state index contributed by atoms with van der Waals surface area (Å²) in [6.45, 7) is 5.72. The van der Waals surface area contributed by atoms with Crippen LogP contribution in [0.5, 0.6) is 5.75 Å². The summed E-state index contributed by atoms with van der Waals surface area (Å²) >= 11 is 0. The normalized spacial score (nSPS) is 16.2. The van der Waals surface area contributed by atoms with Gasteiger partial charge in [-0.05, 0) is 48.7 Å². The summed E-state index contributed by atoms with van der Waals surface area (Å²) in [4.78, 5) is 4.36. The fourth-order valence-corrected chi connectivity index (χ4v) is 3.64. The van der Waals surface area contributed by atoms with Gasteiger partial charge in [0.25, 0.3) is 0 Å². The first-order chi connectivity index (χ1) is 15.7. The van der Waals surface area contributed by atoms with Crippen molar-refractivity contribution in [2.24, 2.45) is 10.9 Å². The van der Waals surface area contributed by atoms with Crippen molar-refractivity contribution in [3.8, 4) is 11.4 Å². The van der Waals surface area contributed by atoms with Crippen LogP contribution < -0.4 is 15.4 Å². The zero-order valence-corrected chi connectivity index (χ0v) is 18.8. The van der Waals surface area contributed by atoms with E-state index in [-0.39, 0.29) is 0 Å². The molecule has 2 aromatic carbocycles. The number of aliphatic imine (C=N–C) groups is 1. The molecular formula is C25H31N5O2. The smallest absolute Gasteiger partial charge is 0.191 e. The van der Waals surface area contributed by atoms with Crippen molar-refractivity contribution < 1.29 is 9.47 Å². The zero-order chi connectivity index (χ0) is 22.2. The van der Waals surface area contributed by atoms with Crippen LogP contribution in [0.4, 0.5) is 0 Å². The third-order valence-corrected chi connectivity index (χ3v) is 5.56. The van der Waals surface area contributed by atoms with Crippen LogP contribution >= 0.6 is 0 Å². The van der Waals surface area contributed by atoms with Gasteiger partial charge in [-0.1, -0.05) is 24.3 Å². The average molecular weight is 434 g/mol. The van der Waals surface area contributed by atoms with E-state index in [1.54, 1.807) is 13.2 Å². The SMILES string of the molecule is CN=C(NCc1ccc(-n2cccn2)cc1)NCc1ccc(C)cc1OCC1CCOC1. The zero-order valence-electron chi connectivity index (χ0n) is 18.8. The molecule has 0 amide bonds. The van der Waals surface area contributed by atoms with E-state index < -0.39 is 0 Å². The molecule has 4 rings (SSSR count). The number of guanidine groups is 1. The third kappa shape index (κ3) is 5.88. The molecule has 2 N–H and O–H groups in total. The molecule has 32 heavy (non-hydrogen) atoms. The Morgan fingerprint density at radius 3 is 2.75 bits per heavy atom. The Labute approximate surface area is 189 Å². The molecule has 7 nitrogen and oxygen atoms in total. The Hall–Kier alpha value is -3.32. The van der Waals surface area contributed by atoms with Crippen molar-refractivity contribution in [2.75, 3.05) is 26.9 Å². The van der Waals surface area contributed by atoms with E-state index in [2.05, 4.69) is 70.1 Å². The van der Waals surface area contributed by atoms with Crippen LogP contribution in [-0.2, 0) is 17.8 Å². The molecule has 1 saturated heterocycles. The van der Waals surface area contributed by atoms with Gasteiger partial charge in [0.15, 0.2) is 5.96 Å². The Kier molecular flexibility index (Phi) is 7.40. The second-order valence-corrected chi connectivity index (χ2v) is 8.05. The lowest BCUT2D eigenvalue weighted by Crippen LogP contribution is -2.36. The van der Waals surface area contributed by atoms with Gasteiger partial charge in [0, 0.05) is 50.6 Å². The maximum atomic E-state index is 6.15. The molecule has 0 radical (unpaired) electrons. The molecule has 0 bridgehead atoms. The van der Waals surface area contributed by atoms with E-state index in [4.69, 9.17) is 9.47 Å². The molecule has 0 spiro atoms. The predicted octanol–water partition coefficient (Wildman–Crippen LogP) is 3.46. The van der Waals surface area contributed by atoms with E-state index in [1.165, 1.54) is 11.1 Å². The van der Waals surface area contributed by atoms with Gasteiger partial charge in [0.2, 0.25) is 0 Å². The summed E-state index contributed by atoms with van der Waals surface area (Å²) in [6.07, 6.45) is 4.78. The van der Waals surface area contributed by atoms with Crippen molar-refractivity contribution in [3.05, 3.63) is 77.6 Å². The van der Waals surface area contributed by atoms with Crippen molar-refractivity contribution >= 4 is 5.96 Å². The number of nitrogens with one attached hydrogen (secondary N) is 2. The molecule has 1 aromatic heterocycles. The van der Waals surface area contributed by atoms with Crippen LogP contribution in [0.25, 0.3) is 5.69 Å². The number of ether oxygens (including phenoxy) is 2. The highest BCUT2D eigenvalue weighted by Gasteiger charge is 2.17. The summed E-state index contributed by atoms with van der Waals surface area (Å²) < 4.78 is 13.5. The van der Waals surface area contributed by atoms with E-state index in [1.807, 2.05) is 16.9 Å². The minimum absolute atomic E-state index is 0.477. The number of nitrogens with zero attached hydrogens (tertiary/aromatic N) is 3. The van der Waals surface area contributed by atoms with Crippen molar-refractivity contribution in [1.29, 1.82) is 0 Å². The number of hydrogen-bond donors (Lipinski definition) is 2. The number of rotatable bonds is 8. The summed E-state index contributed by atoms with van der Waals surface area (Å²) in [6, 6.07) is 16.6. The molecule has 1 fully saturated rings. The number of hydrogen-bond acceptors (Lipinski definition) is 4. The molecule has 2 heterocycles. The van der Waals surface area contributed by atoms with Crippen LogP contribution in [0, 0.1) is 12.8 Å². The highest BCUT2D eigenvalue weighted by atomic mass is 16.5. The largest absolute Gasteiger partial charge is 0.493 e. The van der Waals surface area contributed by atoms with Crippen LogP contribution in [0.2, 0.25) is 0 Å². The van der Waals surface area contributed by atoms with Gasteiger partial charge in [0.1, 0.15) is 5.75 Å². The highest BCUT2D eigenvalue weighted by Crippen LogP contribution is 2.22. The summed E-state index contributed by atoms with van der Waals surface area (Å²) in [5.74, 6) is 2.15. The maximum Gasteiger partial charge on any atom is 0.191 e. The molecule has 1 aliphatic heterocycles. The lowest BCUT2D eigenvalue weighted by Gasteiger charge is -2.17. The Morgan fingerprint density at radius 2 is 2.03 bits per heavy atom. The third-order valence-electron chi connectivity index (χ3n) is 5.56. The highest BCUT2D eigenvalue weighted by molar-refractivity contribution is 5.79. The van der Waals surface area contributed by atoms with Gasteiger partial charge in [-0.25, -0.2) is 4.68 Å². The Balaban J connectivity index is 1.30. The molecule has 168 valence electrons. The second-order valence-electron chi connectivity index (χ2n) is 8.05. The minimum atomic E-state index is 0.477. The minimum Gasteiger partial charge on any atom is -0.493 e. The molecule has 0 aliphatic carbocycles. The number of aryl methyl sites for hydroxylation is 1. The van der Waals surface area contributed by atoms with Gasteiger partial charge in [-0.3, -0.25) is 4.99 Å². The van der Waals surface area contributed by atoms with E-state index in [0.717, 1.165) is 42.6 Å². The number of benzene rings is 2. The first-order valence-corrected chi connectivity index (χ1v) is 11.0. The first-order valence-electron chi connectivity index (χ1n) is 11.0. The van der Waals surface area contributed by atoms with Crippen LogP contribution in [0.1, 0.15) is 23.1 Å². The van der Waals surface area contributed by atoms with Gasteiger partial charge in [-0.15, -0.1) is 0 Å². The molecule has 0 saturated carbocycles. The molecule has 1 atom stereocenters. The topological polar surface area (TPSA) is 72.7 Å². The summed E-state index contributed by atoms with van der Waals surface area (Å²) in [5, 5.41) is 11.0. The Morgan fingerprint density at radius 1 is 1.19 bits per heavy atom. The van der Waals surface area contributed by atoms with Crippen molar-refractivity contribution in [1.82, 2.24) is 20.4 Å². The molecular weight excluding hydrogens is 402 g/mol. The van der Waals surface area contributed by atoms with Crippen LogP contribution in [0.3, 0.4) is 0 Å². The van der Waals surface area contributed by atoms with E-state index >= 15 is 0 Å².